The lowest BCUT2D eigenvalue weighted by molar-refractivity contribution is -0.193. The Balaban J connectivity index is 0.000000845. The van der Waals surface area contributed by atoms with E-state index in [9.17, 15) is 45.4 Å². The summed E-state index contributed by atoms with van der Waals surface area (Å²) in [6.45, 7) is 9.40. The van der Waals surface area contributed by atoms with E-state index in [1.807, 2.05) is 11.8 Å². The minimum absolute atomic E-state index is 0.0106. The first-order valence-corrected chi connectivity index (χ1v) is 16.5. The monoisotopic (exact) mass is 770 g/mol. The number of carbonyl (C=O) groups is 4. The van der Waals surface area contributed by atoms with Crippen molar-refractivity contribution in [1.29, 1.82) is 0 Å². The largest absolute Gasteiger partial charge is 0.506 e. The number of phenolic OH excluding ortho intramolecular Hbond substituents is 1. The molecule has 0 radical (unpaired) electrons. The zero-order valence-electron chi connectivity index (χ0n) is 29.4. The molecule has 0 spiro atoms. The number of rotatable bonds is 16. The van der Waals surface area contributed by atoms with Crippen LogP contribution in [0.25, 0.3) is 0 Å². The van der Waals surface area contributed by atoms with Gasteiger partial charge in [0, 0.05) is 32.1 Å². The maximum atomic E-state index is 13.5. The number of hydrogen-bond donors (Lipinski definition) is 6. The van der Waals surface area contributed by atoms with Crippen molar-refractivity contribution in [2.24, 2.45) is 0 Å². The number of fused-ring (bicyclic) bond motifs is 1. The first kappa shape index (κ1) is 46.4. The van der Waals surface area contributed by atoms with Crippen molar-refractivity contribution in [3.05, 3.63) is 52.8 Å². The number of hydrogen-bond acceptors (Lipinski definition) is 8. The minimum atomic E-state index is -5.08. The molecule has 1 aliphatic heterocycles. The van der Waals surface area contributed by atoms with Crippen LogP contribution in [0.4, 0.5) is 36.4 Å². The molecule has 53 heavy (non-hydrogen) atoms. The van der Waals surface area contributed by atoms with Gasteiger partial charge in [-0.15, -0.1) is 0 Å². The highest BCUT2D eigenvalue weighted by Crippen LogP contribution is 2.39. The molecule has 0 aliphatic carbocycles. The smallest absolute Gasteiger partial charge is 0.490 e. The van der Waals surface area contributed by atoms with Gasteiger partial charge < -0.3 is 40.9 Å². The second kappa shape index (κ2) is 22.4. The molecule has 1 aliphatic rings. The molecule has 2 aromatic rings. The second-order valence-corrected chi connectivity index (χ2v) is 11.8. The van der Waals surface area contributed by atoms with Gasteiger partial charge in [0.25, 0.3) is 5.91 Å². The van der Waals surface area contributed by atoms with Gasteiger partial charge in [-0.2, -0.15) is 26.3 Å². The number of halogens is 7. The highest BCUT2D eigenvalue weighted by Gasteiger charge is 2.39. The predicted molar refractivity (Wildman–Crippen MR) is 179 cm³/mol. The lowest BCUT2D eigenvalue weighted by Gasteiger charge is -2.30. The van der Waals surface area contributed by atoms with Gasteiger partial charge in [0.15, 0.2) is 12.4 Å². The van der Waals surface area contributed by atoms with Crippen LogP contribution in [0.5, 0.6) is 11.5 Å². The van der Waals surface area contributed by atoms with Gasteiger partial charge in [0.1, 0.15) is 17.3 Å². The maximum absolute atomic E-state index is 13.5. The maximum Gasteiger partial charge on any atom is 0.490 e. The van der Waals surface area contributed by atoms with Crippen molar-refractivity contribution in [3.63, 3.8) is 0 Å². The molecule has 0 aromatic heterocycles. The number of ether oxygens (including phenoxy) is 1. The van der Waals surface area contributed by atoms with E-state index in [4.69, 9.17) is 24.5 Å². The first-order valence-electron chi connectivity index (χ1n) is 16.5. The summed E-state index contributed by atoms with van der Waals surface area (Å²) in [5, 5.41) is 33.7. The average molecular weight is 771 g/mol. The Morgan fingerprint density at radius 1 is 0.925 bits per heavy atom. The molecular formula is C34H45F7N4O8. The number of carboxylic acids is 2. The number of aliphatic carboxylic acids is 2. The predicted octanol–water partition coefficient (Wildman–Crippen LogP) is 5.20. The fourth-order valence-corrected chi connectivity index (χ4v) is 4.80. The van der Waals surface area contributed by atoms with Crippen molar-refractivity contribution in [2.45, 2.75) is 77.7 Å². The van der Waals surface area contributed by atoms with E-state index in [0.29, 0.717) is 57.0 Å². The summed E-state index contributed by atoms with van der Waals surface area (Å²) >= 11 is 0. The summed E-state index contributed by atoms with van der Waals surface area (Å²) in [6.07, 6.45) is -5.23. The van der Waals surface area contributed by atoms with Gasteiger partial charge in [0.2, 0.25) is 5.91 Å². The van der Waals surface area contributed by atoms with Crippen LogP contribution in [0.15, 0.2) is 30.3 Å². The Morgan fingerprint density at radius 3 is 2.06 bits per heavy atom. The second-order valence-electron chi connectivity index (χ2n) is 11.8. The van der Waals surface area contributed by atoms with Gasteiger partial charge in [-0.05, 0) is 81.1 Å². The number of amides is 2. The Labute approximate surface area is 301 Å². The molecule has 6 N–H and O–H groups in total. The molecule has 3 rings (SSSR count). The zero-order chi connectivity index (χ0) is 40.4. The van der Waals surface area contributed by atoms with Gasteiger partial charge >= 0.3 is 24.3 Å². The fourth-order valence-electron chi connectivity index (χ4n) is 4.80. The van der Waals surface area contributed by atoms with Crippen LogP contribution in [0.3, 0.4) is 0 Å². The van der Waals surface area contributed by atoms with Crippen LogP contribution in [0, 0.1) is 12.7 Å². The van der Waals surface area contributed by atoms with E-state index >= 15 is 0 Å². The van der Waals surface area contributed by atoms with E-state index in [1.165, 1.54) is 6.07 Å². The van der Waals surface area contributed by atoms with Crippen molar-refractivity contribution in [2.75, 3.05) is 44.6 Å². The number of nitrogens with one attached hydrogen (secondary N) is 3. The van der Waals surface area contributed by atoms with Crippen LogP contribution in [0.2, 0.25) is 0 Å². The number of aromatic hydroxyl groups is 1. The number of carboxylic acid groups (broad SMARTS) is 2. The Hall–Kier alpha value is -4.65. The molecule has 0 bridgehead atoms. The summed E-state index contributed by atoms with van der Waals surface area (Å²) < 4.78 is 82.5. The minimum Gasteiger partial charge on any atom is -0.506 e. The lowest BCUT2D eigenvalue weighted by atomic mass is 10.1. The number of anilines is 1. The number of benzene rings is 2. The number of nitrogens with zero attached hydrogens (tertiary/aromatic N) is 1. The molecule has 19 heteroatoms. The van der Waals surface area contributed by atoms with E-state index in [-0.39, 0.29) is 36.0 Å². The molecule has 1 atom stereocenters. The van der Waals surface area contributed by atoms with E-state index in [2.05, 4.69) is 29.8 Å². The Morgan fingerprint density at radius 2 is 1.49 bits per heavy atom. The van der Waals surface area contributed by atoms with E-state index in [1.54, 1.807) is 24.3 Å². The molecule has 2 aromatic carbocycles. The van der Waals surface area contributed by atoms with E-state index in [0.717, 1.165) is 42.4 Å². The molecule has 0 saturated heterocycles. The van der Waals surface area contributed by atoms with Crippen molar-refractivity contribution in [3.8, 4) is 11.5 Å². The summed E-state index contributed by atoms with van der Waals surface area (Å²) in [6, 6.07) is 8.38. The van der Waals surface area contributed by atoms with Gasteiger partial charge in [-0.3, -0.25) is 9.59 Å². The number of carbonyl (C=O) groups excluding carboxylic acids is 2. The molecule has 1 heterocycles. The number of phenols is 1. The molecule has 0 unspecified atom stereocenters. The van der Waals surface area contributed by atoms with Crippen LogP contribution >= 0.6 is 0 Å². The van der Waals surface area contributed by atoms with E-state index < -0.39 is 24.3 Å². The average Bonchev–Trinajstić information content (AvgIpc) is 3.07. The van der Waals surface area contributed by atoms with Crippen molar-refractivity contribution >= 4 is 29.4 Å². The van der Waals surface area contributed by atoms with Crippen LogP contribution < -0.4 is 20.7 Å². The summed E-state index contributed by atoms with van der Waals surface area (Å²) in [7, 11) is 0. The number of alkyl halides is 6. The standard InChI is InChI=1S/C30H43FN4O4.2C2HF3O2/c1-4-5-6-22(3)35(28(38)13-16-32-15-12-24-19-25(31)9-7-21(24)2)18-17-33-14-11-23-8-10-26(36)29-30(23)39-20-27(37)34-29;2*3-2(4,5)1(6)7/h7-10,19,22,32-33,36H,4-6,11-18,20H2,1-3H3,(H,34,37);2*(H,6,7)/t22-;;/m1../s1. The number of unbranched alkanes of at least 4 members (excludes halogenated alkanes) is 1. The van der Waals surface area contributed by atoms with Crippen molar-refractivity contribution < 1.29 is 70.0 Å². The normalized spacial score (nSPS) is 12.8. The van der Waals surface area contributed by atoms with Crippen LogP contribution in [-0.4, -0.2) is 102 Å². The Kier molecular flexibility index (Phi) is 19.6. The summed E-state index contributed by atoms with van der Waals surface area (Å²) in [5.74, 6) is -5.39. The third-order valence-electron chi connectivity index (χ3n) is 7.64. The fraction of sp³-hybridized carbons (Fsp3) is 0.529. The summed E-state index contributed by atoms with van der Waals surface area (Å²) in [4.78, 5) is 44.5. The highest BCUT2D eigenvalue weighted by atomic mass is 19.4. The SMILES string of the molecule is CCCC[C@@H](C)N(CCNCCc1ccc(O)c2c1OCC(=O)N2)C(=O)CCNCCc1cc(F)ccc1C.O=C(O)C(F)(F)F.O=C(O)C(F)(F)F. The van der Waals surface area contributed by atoms with Crippen molar-refractivity contribution in [1.82, 2.24) is 15.5 Å². The summed E-state index contributed by atoms with van der Waals surface area (Å²) in [5.41, 5.74) is 3.28. The number of aryl methyl sites for hydroxylation is 1. The van der Waals surface area contributed by atoms with Gasteiger partial charge in [0.05, 0.1) is 0 Å². The Bertz CT molecular complexity index is 1480. The van der Waals surface area contributed by atoms with Crippen LogP contribution in [-0.2, 0) is 32.0 Å². The molecule has 298 valence electrons. The lowest BCUT2D eigenvalue weighted by Crippen LogP contribution is -2.43. The molecule has 2 amide bonds. The van der Waals surface area contributed by atoms with Gasteiger partial charge in [-0.25, -0.2) is 14.0 Å². The quantitative estimate of drug-likeness (QED) is 0.0756. The zero-order valence-corrected chi connectivity index (χ0v) is 29.4. The highest BCUT2D eigenvalue weighted by molar-refractivity contribution is 5.97. The molecule has 12 nitrogen and oxygen atoms in total. The molecular weight excluding hydrogens is 725 g/mol. The molecule has 0 saturated carbocycles. The topological polar surface area (TPSA) is 178 Å². The molecule has 0 fully saturated rings. The van der Waals surface area contributed by atoms with Crippen LogP contribution in [0.1, 0.15) is 56.2 Å². The third-order valence-corrected chi connectivity index (χ3v) is 7.64. The van der Waals surface area contributed by atoms with Gasteiger partial charge in [-0.1, -0.05) is 31.9 Å². The third kappa shape index (κ3) is 17.6. The first-order chi connectivity index (χ1) is 24.7.